The number of carbonyl (C=O) groups excluding carboxylic acids is 4. The van der Waals surface area contributed by atoms with Gasteiger partial charge in [0, 0.05) is 19.0 Å². The van der Waals surface area contributed by atoms with Gasteiger partial charge in [0.15, 0.2) is 5.78 Å². The molecular formula is C24H34N4O5. The molecule has 180 valence electrons. The van der Waals surface area contributed by atoms with Crippen LogP contribution in [0, 0.1) is 0 Å². The zero-order chi connectivity index (χ0) is 23.5. The van der Waals surface area contributed by atoms with E-state index in [1.165, 1.54) is 6.42 Å². The normalized spacial score (nSPS) is 19.3. The topological polar surface area (TPSA) is 126 Å². The van der Waals surface area contributed by atoms with E-state index in [4.69, 9.17) is 4.74 Å². The average Bonchev–Trinajstić information content (AvgIpc) is 3.35. The highest BCUT2D eigenvalue weighted by atomic mass is 16.6. The smallest absolute Gasteiger partial charge is 0.375 e. The molecule has 3 amide bonds. The molecule has 4 N–H and O–H groups in total. The first-order valence-electron chi connectivity index (χ1n) is 11.9. The number of nitrogens with one attached hydrogen (secondary N) is 4. The predicted octanol–water partition coefficient (Wildman–Crippen LogP) is 2.19. The molecule has 3 rings (SSSR count). The maximum atomic E-state index is 12.9. The second-order valence-corrected chi connectivity index (χ2v) is 8.70. The van der Waals surface area contributed by atoms with E-state index in [0.29, 0.717) is 12.8 Å². The van der Waals surface area contributed by atoms with E-state index in [-0.39, 0.29) is 30.8 Å². The predicted molar refractivity (Wildman–Crippen MR) is 123 cm³/mol. The fraction of sp³-hybridized carbons (Fsp3) is 0.583. The Morgan fingerprint density at radius 1 is 1.00 bits per heavy atom. The molecule has 33 heavy (non-hydrogen) atoms. The molecule has 0 radical (unpaired) electrons. The van der Waals surface area contributed by atoms with Gasteiger partial charge in [-0.05, 0) is 44.2 Å². The number of ether oxygens (including phenoxy) is 1. The number of Topliss-reactive ketones (excluding diaryl/α,β-unsaturated/α-hetero) is 1. The number of esters is 1. The van der Waals surface area contributed by atoms with E-state index < -0.39 is 24.1 Å². The number of urea groups is 1. The number of rotatable bonds is 9. The zero-order valence-corrected chi connectivity index (χ0v) is 18.9. The first-order valence-corrected chi connectivity index (χ1v) is 11.9. The number of benzene rings is 1. The third-order valence-corrected chi connectivity index (χ3v) is 6.10. The summed E-state index contributed by atoms with van der Waals surface area (Å²) in [6, 6.07) is 8.06. The second kappa shape index (κ2) is 12.9. The molecule has 1 heterocycles. The number of ketones is 1. The highest BCUT2D eigenvalue weighted by Crippen LogP contribution is 2.17. The lowest BCUT2D eigenvalue weighted by atomic mass is 9.95. The van der Waals surface area contributed by atoms with Gasteiger partial charge in [0.05, 0.1) is 6.04 Å². The number of carbonyl (C=O) groups is 4. The molecule has 1 aromatic rings. The van der Waals surface area contributed by atoms with Gasteiger partial charge in [-0.2, -0.15) is 0 Å². The molecule has 0 bridgehead atoms. The van der Waals surface area contributed by atoms with Gasteiger partial charge in [-0.25, -0.2) is 14.4 Å². The summed E-state index contributed by atoms with van der Waals surface area (Å²) >= 11 is 0. The van der Waals surface area contributed by atoms with Crippen molar-refractivity contribution in [1.82, 2.24) is 21.3 Å². The van der Waals surface area contributed by atoms with Gasteiger partial charge in [0.25, 0.3) is 0 Å². The quantitative estimate of drug-likeness (QED) is 0.332. The number of hydrogen-bond donors (Lipinski definition) is 4. The summed E-state index contributed by atoms with van der Waals surface area (Å²) in [5.74, 6) is -0.818. The Morgan fingerprint density at radius 3 is 2.45 bits per heavy atom. The van der Waals surface area contributed by atoms with Crippen molar-refractivity contribution in [2.45, 2.75) is 75.9 Å². The van der Waals surface area contributed by atoms with Crippen LogP contribution in [0.25, 0.3) is 0 Å². The first-order chi connectivity index (χ1) is 16.0. The van der Waals surface area contributed by atoms with Crippen molar-refractivity contribution in [1.29, 1.82) is 0 Å². The highest BCUT2D eigenvalue weighted by Gasteiger charge is 2.26. The van der Waals surface area contributed by atoms with Crippen molar-refractivity contribution in [2.75, 3.05) is 13.1 Å². The number of amides is 3. The molecule has 0 aromatic heterocycles. The first kappa shape index (κ1) is 24.7. The van der Waals surface area contributed by atoms with Gasteiger partial charge in [-0.3, -0.25) is 4.79 Å². The summed E-state index contributed by atoms with van der Waals surface area (Å²) in [6.07, 6.45) is 6.27. The van der Waals surface area contributed by atoms with Crippen LogP contribution >= 0.6 is 0 Å². The Morgan fingerprint density at radius 2 is 1.76 bits per heavy atom. The van der Waals surface area contributed by atoms with Gasteiger partial charge < -0.3 is 26.0 Å². The summed E-state index contributed by atoms with van der Waals surface area (Å²) in [5, 5.41) is 11.2. The van der Waals surface area contributed by atoms with E-state index in [1.807, 2.05) is 30.3 Å². The summed E-state index contributed by atoms with van der Waals surface area (Å²) in [7, 11) is 0. The second-order valence-electron chi connectivity index (χ2n) is 8.70. The molecule has 1 aliphatic heterocycles. The SMILES string of the molecule is O=C(NC1CCCCC1)NC(Cc1ccccc1)C(=O)CCNC(=O)OC(=O)[C@@H]1CCCN1. The van der Waals surface area contributed by atoms with Crippen LogP contribution in [0.2, 0.25) is 0 Å². The molecule has 1 aliphatic carbocycles. The van der Waals surface area contributed by atoms with Crippen LogP contribution in [0.4, 0.5) is 9.59 Å². The monoisotopic (exact) mass is 458 g/mol. The van der Waals surface area contributed by atoms with Crippen molar-refractivity contribution >= 4 is 23.9 Å². The van der Waals surface area contributed by atoms with Gasteiger partial charge in [0.1, 0.15) is 6.04 Å². The molecule has 2 fully saturated rings. The van der Waals surface area contributed by atoms with Crippen LogP contribution in [0.3, 0.4) is 0 Å². The number of hydrogen-bond acceptors (Lipinski definition) is 6. The Balaban J connectivity index is 1.48. The van der Waals surface area contributed by atoms with Crippen LogP contribution in [0.15, 0.2) is 30.3 Å². The van der Waals surface area contributed by atoms with Crippen molar-refractivity contribution < 1.29 is 23.9 Å². The maximum Gasteiger partial charge on any atom is 0.414 e. The minimum absolute atomic E-state index is 0.00613. The van der Waals surface area contributed by atoms with E-state index in [0.717, 1.165) is 44.2 Å². The molecule has 1 unspecified atom stereocenters. The van der Waals surface area contributed by atoms with Crippen LogP contribution in [0.1, 0.15) is 56.9 Å². The van der Waals surface area contributed by atoms with Crippen LogP contribution in [-0.4, -0.2) is 55.1 Å². The van der Waals surface area contributed by atoms with Crippen LogP contribution < -0.4 is 21.3 Å². The van der Waals surface area contributed by atoms with Gasteiger partial charge in [0.2, 0.25) is 0 Å². The third kappa shape index (κ3) is 8.49. The molecule has 9 nitrogen and oxygen atoms in total. The summed E-state index contributed by atoms with van der Waals surface area (Å²) in [4.78, 5) is 49.2. The lowest BCUT2D eigenvalue weighted by Gasteiger charge is -2.25. The van der Waals surface area contributed by atoms with E-state index >= 15 is 0 Å². The minimum atomic E-state index is -0.871. The van der Waals surface area contributed by atoms with E-state index in [9.17, 15) is 19.2 Å². The lowest BCUT2D eigenvalue weighted by molar-refractivity contribution is -0.139. The van der Waals surface area contributed by atoms with Crippen molar-refractivity contribution in [3.8, 4) is 0 Å². The fourth-order valence-electron chi connectivity index (χ4n) is 4.27. The molecule has 9 heteroatoms. The fourth-order valence-corrected chi connectivity index (χ4v) is 4.27. The Kier molecular flexibility index (Phi) is 9.68. The van der Waals surface area contributed by atoms with Crippen molar-refractivity contribution in [3.05, 3.63) is 35.9 Å². The number of alkyl carbamates (subject to hydrolysis) is 1. The van der Waals surface area contributed by atoms with Crippen LogP contribution in [0.5, 0.6) is 0 Å². The molecule has 2 aliphatic rings. The van der Waals surface area contributed by atoms with E-state index in [2.05, 4.69) is 21.3 Å². The van der Waals surface area contributed by atoms with Gasteiger partial charge in [-0.15, -0.1) is 0 Å². The largest absolute Gasteiger partial charge is 0.414 e. The molecule has 1 aromatic carbocycles. The molecule has 1 saturated carbocycles. The Hall–Kier alpha value is -2.94. The minimum Gasteiger partial charge on any atom is -0.375 e. The standard InChI is InChI=1S/C24H34N4O5/c29-21(13-15-26-24(32)33-22(30)19-12-7-14-25-19)20(16-17-8-3-1-4-9-17)28-23(31)27-18-10-5-2-6-11-18/h1,3-4,8-9,18-20,25H,2,5-7,10-16H2,(H,26,32)(H2,27,28,31)/t19-,20?/m0/s1. The van der Waals surface area contributed by atoms with Crippen LogP contribution in [-0.2, 0) is 20.7 Å². The molecule has 1 saturated heterocycles. The molecule has 0 spiro atoms. The zero-order valence-electron chi connectivity index (χ0n) is 18.9. The molecule has 2 atom stereocenters. The Labute approximate surface area is 194 Å². The summed E-state index contributed by atoms with van der Waals surface area (Å²) < 4.78 is 4.78. The van der Waals surface area contributed by atoms with Crippen molar-refractivity contribution in [3.63, 3.8) is 0 Å². The van der Waals surface area contributed by atoms with Crippen molar-refractivity contribution in [2.24, 2.45) is 0 Å². The third-order valence-electron chi connectivity index (χ3n) is 6.10. The van der Waals surface area contributed by atoms with Gasteiger partial charge in [-0.1, -0.05) is 49.6 Å². The average molecular weight is 459 g/mol. The Bertz CT molecular complexity index is 804. The summed E-state index contributed by atoms with van der Waals surface area (Å²) in [5.41, 5.74) is 0.927. The molecular weight excluding hydrogens is 424 g/mol. The maximum absolute atomic E-state index is 12.9. The lowest BCUT2D eigenvalue weighted by Crippen LogP contribution is -2.50. The summed E-state index contributed by atoms with van der Waals surface area (Å²) in [6.45, 7) is 0.736. The van der Waals surface area contributed by atoms with Gasteiger partial charge >= 0.3 is 18.1 Å². The van der Waals surface area contributed by atoms with E-state index in [1.54, 1.807) is 0 Å². The highest BCUT2D eigenvalue weighted by molar-refractivity contribution is 5.90.